The molecule has 0 aliphatic carbocycles. The monoisotopic (exact) mass is 301 g/mol. The number of methoxy groups -OCH3 is 1. The van der Waals surface area contributed by atoms with Gasteiger partial charge in [0.15, 0.2) is 0 Å². The maximum absolute atomic E-state index is 13.6. The minimum Gasteiger partial charge on any atom is -0.468 e. The molecule has 0 aliphatic rings. The van der Waals surface area contributed by atoms with Crippen molar-refractivity contribution in [2.75, 3.05) is 13.7 Å². The van der Waals surface area contributed by atoms with Crippen molar-refractivity contribution < 1.29 is 13.9 Å². The minimum absolute atomic E-state index is 0.244. The molecule has 92 valence electrons. The molecule has 1 unspecified atom stereocenters. The van der Waals surface area contributed by atoms with E-state index in [1.165, 1.54) is 13.2 Å². The quantitative estimate of drug-likeness (QED) is 0.671. The summed E-state index contributed by atoms with van der Waals surface area (Å²) in [6, 6.07) is 3.58. The Bertz CT molecular complexity index is 423. The first kappa shape index (κ1) is 13.9. The molecule has 3 nitrogen and oxygen atoms in total. The maximum atomic E-state index is 13.6. The van der Waals surface area contributed by atoms with Gasteiger partial charge in [-0.3, -0.25) is 5.32 Å². The van der Waals surface area contributed by atoms with Crippen LogP contribution in [-0.4, -0.2) is 19.6 Å². The van der Waals surface area contributed by atoms with Crippen molar-refractivity contribution in [1.29, 1.82) is 0 Å². The second-order valence-electron chi connectivity index (χ2n) is 3.32. The number of benzene rings is 1. The van der Waals surface area contributed by atoms with Crippen LogP contribution in [0.25, 0.3) is 0 Å². The van der Waals surface area contributed by atoms with E-state index in [0.717, 1.165) is 0 Å². The molecule has 0 aromatic heterocycles. The summed E-state index contributed by atoms with van der Waals surface area (Å²) >= 11 is 3.24. The van der Waals surface area contributed by atoms with Crippen LogP contribution in [0.3, 0.4) is 0 Å². The van der Waals surface area contributed by atoms with Gasteiger partial charge in [0.05, 0.1) is 7.11 Å². The van der Waals surface area contributed by atoms with Crippen LogP contribution in [-0.2, 0) is 9.53 Å². The third kappa shape index (κ3) is 3.64. The van der Waals surface area contributed by atoms with Crippen molar-refractivity contribution in [3.63, 3.8) is 0 Å². The number of hydrogen-bond donors (Lipinski definition) is 1. The number of carbonyl (C=O) groups excluding carboxylic acids is 1. The van der Waals surface area contributed by atoms with Crippen molar-refractivity contribution in [2.24, 2.45) is 0 Å². The maximum Gasteiger partial charge on any atom is 0.327 e. The van der Waals surface area contributed by atoms with Gasteiger partial charge < -0.3 is 4.74 Å². The summed E-state index contributed by atoms with van der Waals surface area (Å²) in [4.78, 5) is 11.6. The molecule has 1 N–H and O–H groups in total. The molecule has 0 aliphatic heterocycles. The van der Waals surface area contributed by atoms with Gasteiger partial charge in [0.1, 0.15) is 11.9 Å². The van der Waals surface area contributed by atoms with Gasteiger partial charge in [0.25, 0.3) is 0 Å². The Hall–Kier alpha value is -1.20. The van der Waals surface area contributed by atoms with Crippen LogP contribution < -0.4 is 5.32 Å². The Balaban J connectivity index is 3.06. The number of rotatable bonds is 5. The lowest BCUT2D eigenvalue weighted by molar-refractivity contribution is -0.143. The number of halogens is 2. The van der Waals surface area contributed by atoms with Crippen LogP contribution in [0.1, 0.15) is 11.6 Å². The highest BCUT2D eigenvalue weighted by Crippen LogP contribution is 2.22. The topological polar surface area (TPSA) is 38.3 Å². The second-order valence-corrected chi connectivity index (χ2v) is 4.23. The van der Waals surface area contributed by atoms with Gasteiger partial charge in [0.2, 0.25) is 0 Å². The lowest BCUT2D eigenvalue weighted by Gasteiger charge is -2.16. The van der Waals surface area contributed by atoms with Crippen LogP contribution in [0, 0.1) is 5.82 Å². The average molecular weight is 302 g/mol. The Morgan fingerprint density at radius 1 is 1.71 bits per heavy atom. The molecule has 0 fully saturated rings. The molecule has 0 amide bonds. The van der Waals surface area contributed by atoms with E-state index in [1.807, 2.05) is 0 Å². The standard InChI is InChI=1S/C12H13BrFNO2/c1-3-6-15-11(12(16)17-2)9-7-8(13)4-5-10(9)14/h3-5,7,11,15H,1,6H2,2H3. The fraction of sp³-hybridized carbons (Fsp3) is 0.250. The van der Waals surface area contributed by atoms with E-state index in [2.05, 4.69) is 32.6 Å². The normalized spacial score (nSPS) is 11.9. The van der Waals surface area contributed by atoms with Crippen molar-refractivity contribution >= 4 is 21.9 Å². The highest BCUT2D eigenvalue weighted by Gasteiger charge is 2.23. The van der Waals surface area contributed by atoms with E-state index >= 15 is 0 Å². The van der Waals surface area contributed by atoms with E-state index in [1.54, 1.807) is 18.2 Å². The molecular formula is C12H13BrFNO2. The third-order valence-corrected chi connectivity index (χ3v) is 2.67. The molecule has 1 rings (SSSR count). The third-order valence-electron chi connectivity index (χ3n) is 2.17. The predicted molar refractivity (Wildman–Crippen MR) is 67.1 cm³/mol. The zero-order valence-corrected chi connectivity index (χ0v) is 11.0. The van der Waals surface area contributed by atoms with Gasteiger partial charge in [-0.2, -0.15) is 0 Å². The van der Waals surface area contributed by atoms with Crippen LogP contribution in [0.15, 0.2) is 35.3 Å². The molecular weight excluding hydrogens is 289 g/mol. The molecule has 17 heavy (non-hydrogen) atoms. The molecule has 1 atom stereocenters. The van der Waals surface area contributed by atoms with Gasteiger partial charge in [-0.15, -0.1) is 6.58 Å². The van der Waals surface area contributed by atoms with Gasteiger partial charge in [-0.05, 0) is 18.2 Å². The molecule has 1 aromatic carbocycles. The summed E-state index contributed by atoms with van der Waals surface area (Å²) < 4.78 is 19.0. The SMILES string of the molecule is C=CCNC(C(=O)OC)c1cc(Br)ccc1F. The summed E-state index contributed by atoms with van der Waals surface area (Å²) in [6.45, 7) is 3.91. The van der Waals surface area contributed by atoms with Crippen molar-refractivity contribution in [2.45, 2.75) is 6.04 Å². The highest BCUT2D eigenvalue weighted by atomic mass is 79.9. The zero-order valence-electron chi connectivity index (χ0n) is 9.37. The summed E-state index contributed by atoms with van der Waals surface area (Å²) in [5.41, 5.74) is 0.244. The summed E-state index contributed by atoms with van der Waals surface area (Å²) in [7, 11) is 1.26. The Kier molecular flexibility index (Phi) is 5.31. The van der Waals surface area contributed by atoms with Crippen LogP contribution in [0.4, 0.5) is 4.39 Å². The van der Waals surface area contributed by atoms with Crippen LogP contribution in [0.5, 0.6) is 0 Å². The van der Waals surface area contributed by atoms with Crippen LogP contribution >= 0.6 is 15.9 Å². The molecule has 0 saturated heterocycles. The summed E-state index contributed by atoms with van der Waals surface area (Å²) in [5.74, 6) is -0.996. The number of hydrogen-bond acceptors (Lipinski definition) is 3. The number of esters is 1. The Morgan fingerprint density at radius 2 is 2.41 bits per heavy atom. The minimum atomic E-state index is -0.838. The van der Waals surface area contributed by atoms with Gasteiger partial charge in [-0.1, -0.05) is 22.0 Å². The lowest BCUT2D eigenvalue weighted by atomic mass is 10.1. The van der Waals surface area contributed by atoms with E-state index in [4.69, 9.17) is 0 Å². The molecule has 0 heterocycles. The molecule has 0 saturated carbocycles. The number of nitrogens with one attached hydrogen (secondary N) is 1. The predicted octanol–water partition coefficient (Wildman–Crippen LogP) is 2.58. The molecule has 0 radical (unpaired) electrons. The first-order valence-corrected chi connectivity index (χ1v) is 5.76. The fourth-order valence-electron chi connectivity index (χ4n) is 1.38. The zero-order chi connectivity index (χ0) is 12.8. The highest BCUT2D eigenvalue weighted by molar-refractivity contribution is 9.10. The first-order valence-electron chi connectivity index (χ1n) is 4.97. The molecule has 1 aromatic rings. The van der Waals surface area contributed by atoms with Crippen molar-refractivity contribution in [3.8, 4) is 0 Å². The smallest absolute Gasteiger partial charge is 0.327 e. The molecule has 0 spiro atoms. The van der Waals surface area contributed by atoms with Gasteiger partial charge in [0, 0.05) is 16.6 Å². The van der Waals surface area contributed by atoms with Crippen LogP contribution in [0.2, 0.25) is 0 Å². The van der Waals surface area contributed by atoms with E-state index in [9.17, 15) is 9.18 Å². The van der Waals surface area contributed by atoms with E-state index in [0.29, 0.717) is 11.0 Å². The number of ether oxygens (including phenoxy) is 1. The van der Waals surface area contributed by atoms with E-state index in [-0.39, 0.29) is 5.56 Å². The van der Waals surface area contributed by atoms with E-state index < -0.39 is 17.8 Å². The average Bonchev–Trinajstić information content (AvgIpc) is 2.33. The van der Waals surface area contributed by atoms with Crippen molar-refractivity contribution in [3.05, 3.63) is 46.7 Å². The van der Waals surface area contributed by atoms with Crippen molar-refractivity contribution in [1.82, 2.24) is 5.32 Å². The molecule has 0 bridgehead atoms. The summed E-state index contributed by atoms with van der Waals surface area (Å²) in [5, 5.41) is 2.85. The summed E-state index contributed by atoms with van der Waals surface area (Å²) in [6.07, 6.45) is 1.59. The second kappa shape index (κ2) is 6.51. The Morgan fingerprint density at radius 3 is 3.00 bits per heavy atom. The van der Waals surface area contributed by atoms with Gasteiger partial charge in [-0.25, -0.2) is 9.18 Å². The first-order chi connectivity index (χ1) is 8.10. The Labute approximate surface area is 108 Å². The number of carbonyl (C=O) groups is 1. The lowest BCUT2D eigenvalue weighted by Crippen LogP contribution is -2.30. The van der Waals surface area contributed by atoms with Gasteiger partial charge >= 0.3 is 5.97 Å². The largest absolute Gasteiger partial charge is 0.468 e. The fourth-order valence-corrected chi connectivity index (χ4v) is 1.75. The molecule has 5 heteroatoms.